The Balaban J connectivity index is 0.00000400. The molecule has 3 unspecified atom stereocenters. The zero-order chi connectivity index (χ0) is 15.0. The lowest BCUT2D eigenvalue weighted by molar-refractivity contribution is -0.123. The number of halogens is 1. The fourth-order valence-corrected chi connectivity index (χ4v) is 2.33. The first-order valence-electron chi connectivity index (χ1n) is 6.81. The third-order valence-electron chi connectivity index (χ3n) is 3.20. The Morgan fingerprint density at radius 2 is 2.00 bits per heavy atom. The Hall–Kier alpha value is -0.750. The third kappa shape index (κ3) is 7.71. The first-order chi connectivity index (χ1) is 9.54. The van der Waals surface area contributed by atoms with Gasteiger partial charge in [-0.15, -0.1) is 12.4 Å². The number of carbonyl (C=O) groups excluding carboxylic acids is 1. The second-order valence-electron chi connectivity index (χ2n) is 4.94. The van der Waals surface area contributed by atoms with Crippen LogP contribution in [0, 0.1) is 0 Å². The molecule has 0 aromatic heterocycles. The van der Waals surface area contributed by atoms with Crippen molar-refractivity contribution in [1.82, 2.24) is 5.32 Å². The van der Waals surface area contributed by atoms with E-state index in [0.717, 1.165) is 11.3 Å². The van der Waals surface area contributed by atoms with Crippen LogP contribution >= 0.6 is 24.2 Å². The Labute approximate surface area is 137 Å². The van der Waals surface area contributed by atoms with Crippen LogP contribution in [0.4, 0.5) is 0 Å². The van der Waals surface area contributed by atoms with Crippen LogP contribution in [0.5, 0.6) is 0 Å². The van der Waals surface area contributed by atoms with E-state index in [1.807, 2.05) is 36.6 Å². The van der Waals surface area contributed by atoms with Gasteiger partial charge in [0.15, 0.2) is 0 Å². The number of carbonyl (C=O) groups is 1. The molecule has 0 aliphatic carbocycles. The Morgan fingerprint density at radius 3 is 2.57 bits per heavy atom. The number of nitrogens with one attached hydrogen (secondary N) is 1. The van der Waals surface area contributed by atoms with Crippen molar-refractivity contribution in [2.45, 2.75) is 38.0 Å². The van der Waals surface area contributed by atoms with Crippen molar-refractivity contribution in [3.8, 4) is 0 Å². The summed E-state index contributed by atoms with van der Waals surface area (Å²) in [6, 6.07) is 8.90. The van der Waals surface area contributed by atoms with Gasteiger partial charge >= 0.3 is 0 Å². The van der Waals surface area contributed by atoms with Crippen molar-refractivity contribution in [3.05, 3.63) is 35.9 Å². The highest BCUT2D eigenvalue weighted by Crippen LogP contribution is 2.06. The highest BCUT2D eigenvalue weighted by Gasteiger charge is 2.20. The van der Waals surface area contributed by atoms with E-state index >= 15 is 0 Å². The lowest BCUT2D eigenvalue weighted by Gasteiger charge is -2.22. The van der Waals surface area contributed by atoms with E-state index in [4.69, 9.17) is 5.73 Å². The van der Waals surface area contributed by atoms with Crippen LogP contribution in [-0.2, 0) is 11.2 Å². The first kappa shape index (κ1) is 20.2. The largest absolute Gasteiger partial charge is 0.391 e. The number of nitrogens with two attached hydrogens (primary N) is 1. The molecule has 1 aromatic carbocycles. The van der Waals surface area contributed by atoms with Crippen molar-refractivity contribution in [2.75, 3.05) is 12.0 Å². The Morgan fingerprint density at radius 1 is 1.38 bits per heavy atom. The van der Waals surface area contributed by atoms with Crippen molar-refractivity contribution < 1.29 is 9.90 Å². The van der Waals surface area contributed by atoms with E-state index in [-0.39, 0.29) is 24.4 Å². The summed E-state index contributed by atoms with van der Waals surface area (Å²) in [4.78, 5) is 11.9. The van der Waals surface area contributed by atoms with Crippen LogP contribution in [0.1, 0.15) is 18.9 Å². The number of aliphatic hydroxyl groups excluding tert-OH is 1. The Kier molecular flexibility index (Phi) is 10.5. The summed E-state index contributed by atoms with van der Waals surface area (Å²) in [5.41, 5.74) is 6.85. The zero-order valence-corrected chi connectivity index (χ0v) is 14.1. The standard InChI is InChI=1S/C15H24N2O2S.ClH/c1-11(17-15(19)13(16)8-9-20-2)14(18)10-12-6-4-3-5-7-12;/h3-7,11,13-14,18H,8-10,16H2,1-2H3,(H,17,19);1H. The minimum absolute atomic E-state index is 0. The number of rotatable bonds is 8. The van der Waals surface area contributed by atoms with E-state index in [1.54, 1.807) is 18.7 Å². The Bertz CT molecular complexity index is 406. The molecule has 0 heterocycles. The molecule has 1 aromatic rings. The molecule has 4 nitrogen and oxygen atoms in total. The van der Waals surface area contributed by atoms with Gasteiger partial charge in [-0.25, -0.2) is 0 Å². The fourth-order valence-electron chi connectivity index (χ4n) is 1.84. The molecule has 0 fully saturated rings. The summed E-state index contributed by atoms with van der Waals surface area (Å²) in [7, 11) is 0. The lowest BCUT2D eigenvalue weighted by Crippen LogP contribution is -2.49. The molecule has 0 bridgehead atoms. The molecule has 0 saturated carbocycles. The molecule has 0 aliphatic rings. The summed E-state index contributed by atoms with van der Waals surface area (Å²) in [5, 5.41) is 12.9. The van der Waals surface area contributed by atoms with Crippen LogP contribution < -0.4 is 11.1 Å². The van der Waals surface area contributed by atoms with Gasteiger partial charge in [-0.2, -0.15) is 11.8 Å². The molecular formula is C15H25ClN2O2S. The van der Waals surface area contributed by atoms with E-state index in [0.29, 0.717) is 12.8 Å². The number of hydrogen-bond donors (Lipinski definition) is 3. The molecule has 6 heteroatoms. The number of amides is 1. The van der Waals surface area contributed by atoms with Gasteiger partial charge in [-0.3, -0.25) is 4.79 Å². The lowest BCUT2D eigenvalue weighted by atomic mass is 10.0. The molecule has 0 saturated heterocycles. The monoisotopic (exact) mass is 332 g/mol. The molecule has 0 aliphatic heterocycles. The predicted octanol–water partition coefficient (Wildman–Crippen LogP) is 1.60. The minimum Gasteiger partial charge on any atom is -0.391 e. The molecule has 3 atom stereocenters. The van der Waals surface area contributed by atoms with Crippen molar-refractivity contribution in [3.63, 3.8) is 0 Å². The van der Waals surface area contributed by atoms with Crippen LogP contribution in [0.3, 0.4) is 0 Å². The molecule has 21 heavy (non-hydrogen) atoms. The van der Waals surface area contributed by atoms with Gasteiger partial charge < -0.3 is 16.2 Å². The van der Waals surface area contributed by atoms with Crippen LogP contribution in [0.25, 0.3) is 0 Å². The summed E-state index contributed by atoms with van der Waals surface area (Å²) in [6.07, 6.45) is 2.53. The molecule has 4 N–H and O–H groups in total. The van der Waals surface area contributed by atoms with Gasteiger partial charge in [-0.1, -0.05) is 30.3 Å². The molecule has 0 radical (unpaired) electrons. The van der Waals surface area contributed by atoms with Crippen molar-refractivity contribution >= 4 is 30.1 Å². The van der Waals surface area contributed by atoms with Gasteiger partial charge in [0, 0.05) is 6.42 Å². The van der Waals surface area contributed by atoms with E-state index in [2.05, 4.69) is 5.32 Å². The average molecular weight is 333 g/mol. The van der Waals surface area contributed by atoms with E-state index in [1.165, 1.54) is 0 Å². The molecular weight excluding hydrogens is 308 g/mol. The van der Waals surface area contributed by atoms with Gasteiger partial charge in [0.1, 0.15) is 0 Å². The normalized spacial score (nSPS) is 14.7. The predicted molar refractivity (Wildman–Crippen MR) is 92.0 cm³/mol. The third-order valence-corrected chi connectivity index (χ3v) is 3.85. The zero-order valence-electron chi connectivity index (χ0n) is 12.5. The van der Waals surface area contributed by atoms with E-state index < -0.39 is 12.1 Å². The summed E-state index contributed by atoms with van der Waals surface area (Å²) >= 11 is 1.66. The molecule has 120 valence electrons. The first-order valence-corrected chi connectivity index (χ1v) is 8.21. The van der Waals surface area contributed by atoms with Gasteiger partial charge in [-0.05, 0) is 30.9 Å². The van der Waals surface area contributed by atoms with Gasteiger partial charge in [0.05, 0.1) is 18.2 Å². The van der Waals surface area contributed by atoms with Gasteiger partial charge in [0.2, 0.25) is 5.91 Å². The fraction of sp³-hybridized carbons (Fsp3) is 0.533. The SMILES string of the molecule is CSCCC(N)C(=O)NC(C)C(O)Cc1ccccc1.Cl. The number of benzene rings is 1. The summed E-state index contributed by atoms with van der Waals surface area (Å²) in [5.74, 6) is 0.661. The minimum atomic E-state index is -0.617. The second-order valence-corrected chi connectivity index (χ2v) is 5.93. The van der Waals surface area contributed by atoms with Crippen molar-refractivity contribution in [1.29, 1.82) is 0 Å². The van der Waals surface area contributed by atoms with Crippen LogP contribution in [0.15, 0.2) is 30.3 Å². The second kappa shape index (κ2) is 10.9. The van der Waals surface area contributed by atoms with E-state index in [9.17, 15) is 9.90 Å². The van der Waals surface area contributed by atoms with Crippen LogP contribution in [0.2, 0.25) is 0 Å². The molecule has 0 spiro atoms. The summed E-state index contributed by atoms with van der Waals surface area (Å²) < 4.78 is 0. The molecule has 1 rings (SSSR count). The average Bonchev–Trinajstić information content (AvgIpc) is 2.45. The van der Waals surface area contributed by atoms with Crippen molar-refractivity contribution in [2.24, 2.45) is 5.73 Å². The number of aliphatic hydroxyl groups is 1. The molecule has 1 amide bonds. The quantitative estimate of drug-likeness (QED) is 0.676. The summed E-state index contributed by atoms with van der Waals surface area (Å²) in [6.45, 7) is 1.80. The maximum Gasteiger partial charge on any atom is 0.237 e. The maximum absolute atomic E-state index is 11.9. The topological polar surface area (TPSA) is 75.4 Å². The highest BCUT2D eigenvalue weighted by atomic mass is 35.5. The van der Waals surface area contributed by atoms with Crippen LogP contribution in [-0.4, -0.2) is 41.2 Å². The number of thioether (sulfide) groups is 1. The van der Waals surface area contributed by atoms with Gasteiger partial charge in [0.25, 0.3) is 0 Å². The number of hydrogen-bond acceptors (Lipinski definition) is 4. The highest BCUT2D eigenvalue weighted by molar-refractivity contribution is 7.98. The maximum atomic E-state index is 11.9. The smallest absolute Gasteiger partial charge is 0.237 e.